The molecule has 2 aromatic carbocycles. The largest absolute Gasteiger partial charge is 0.378 e. The van der Waals surface area contributed by atoms with Crippen LogP contribution in [0.3, 0.4) is 0 Å². The number of rotatable bonds is 3. The summed E-state index contributed by atoms with van der Waals surface area (Å²) in [6.45, 7) is 0. The van der Waals surface area contributed by atoms with Gasteiger partial charge >= 0.3 is 0 Å². The first-order chi connectivity index (χ1) is 9.47. The van der Waals surface area contributed by atoms with Crippen LogP contribution >= 0.6 is 27.5 Å². The van der Waals surface area contributed by atoms with Crippen molar-refractivity contribution in [1.82, 2.24) is 0 Å². The van der Waals surface area contributed by atoms with Crippen molar-refractivity contribution in [3.63, 3.8) is 0 Å². The van der Waals surface area contributed by atoms with Gasteiger partial charge in [-0.1, -0.05) is 11.6 Å². The summed E-state index contributed by atoms with van der Waals surface area (Å²) >= 11 is 9.20. The predicted octanol–water partition coefficient (Wildman–Crippen LogP) is 4.42. The van der Waals surface area contributed by atoms with E-state index < -0.39 is 0 Å². The minimum absolute atomic E-state index is 0.175. The number of nitrogens with zero attached hydrogens (tertiary/aromatic N) is 1. The molecule has 0 radical (unpaired) electrons. The molecular weight excluding hydrogens is 340 g/mol. The van der Waals surface area contributed by atoms with E-state index in [-0.39, 0.29) is 5.91 Å². The number of amides is 1. The molecule has 2 rings (SSSR count). The maximum atomic E-state index is 12.2. The Labute approximate surface area is 131 Å². The molecule has 1 N–H and O–H groups in total. The fourth-order valence-corrected chi connectivity index (χ4v) is 2.58. The fourth-order valence-electron chi connectivity index (χ4n) is 1.71. The third-order valence-corrected chi connectivity index (χ3v) is 3.71. The molecule has 0 atom stereocenters. The van der Waals surface area contributed by atoms with Gasteiger partial charge < -0.3 is 10.2 Å². The number of hydrogen-bond acceptors (Lipinski definition) is 2. The molecule has 0 aliphatic carbocycles. The Bertz CT molecular complexity index is 626. The van der Waals surface area contributed by atoms with Crippen molar-refractivity contribution in [3.8, 4) is 0 Å². The summed E-state index contributed by atoms with van der Waals surface area (Å²) in [5, 5.41) is 3.44. The van der Waals surface area contributed by atoms with Gasteiger partial charge in [-0.25, -0.2) is 0 Å². The lowest BCUT2D eigenvalue weighted by Gasteiger charge is -2.13. The Kier molecular flexibility index (Phi) is 4.68. The van der Waals surface area contributed by atoms with Gasteiger partial charge in [0.05, 0.1) is 5.56 Å². The van der Waals surface area contributed by atoms with Gasteiger partial charge in [-0.15, -0.1) is 0 Å². The Morgan fingerprint density at radius 3 is 2.35 bits per heavy atom. The van der Waals surface area contributed by atoms with Gasteiger partial charge in [0.1, 0.15) is 0 Å². The summed E-state index contributed by atoms with van der Waals surface area (Å²) in [6.07, 6.45) is 0. The molecule has 0 fully saturated rings. The quantitative estimate of drug-likeness (QED) is 0.886. The second kappa shape index (κ2) is 6.29. The Morgan fingerprint density at radius 1 is 1.15 bits per heavy atom. The zero-order valence-corrected chi connectivity index (χ0v) is 13.5. The highest BCUT2D eigenvalue weighted by atomic mass is 79.9. The van der Waals surface area contributed by atoms with Crippen molar-refractivity contribution in [2.45, 2.75) is 0 Å². The first kappa shape index (κ1) is 14.9. The fraction of sp³-hybridized carbons (Fsp3) is 0.133. The smallest absolute Gasteiger partial charge is 0.256 e. The van der Waals surface area contributed by atoms with E-state index in [2.05, 4.69) is 21.2 Å². The topological polar surface area (TPSA) is 32.3 Å². The summed E-state index contributed by atoms with van der Waals surface area (Å²) in [5.41, 5.74) is 2.38. The van der Waals surface area contributed by atoms with Gasteiger partial charge in [-0.05, 0) is 58.4 Å². The van der Waals surface area contributed by atoms with Crippen LogP contribution in [0.15, 0.2) is 46.9 Å². The SMILES string of the molecule is CN(C)c1ccc(NC(=O)c2ccc(Cl)cc2Br)cc1. The van der Waals surface area contributed by atoms with E-state index in [1.54, 1.807) is 18.2 Å². The molecule has 0 spiro atoms. The number of halogens is 2. The number of nitrogens with one attached hydrogen (secondary N) is 1. The molecule has 0 bridgehead atoms. The molecule has 0 aliphatic heterocycles. The molecule has 2 aromatic rings. The second-order valence-electron chi connectivity index (χ2n) is 4.52. The average Bonchev–Trinajstić information content (AvgIpc) is 2.39. The summed E-state index contributed by atoms with van der Waals surface area (Å²) in [5.74, 6) is -0.175. The molecular formula is C15H14BrClN2O. The van der Waals surface area contributed by atoms with Crippen LogP contribution in [0.4, 0.5) is 11.4 Å². The van der Waals surface area contributed by atoms with Gasteiger partial charge in [-0.3, -0.25) is 4.79 Å². The molecule has 3 nitrogen and oxygen atoms in total. The van der Waals surface area contributed by atoms with Crippen molar-refractivity contribution in [3.05, 3.63) is 57.5 Å². The van der Waals surface area contributed by atoms with Crippen molar-refractivity contribution < 1.29 is 4.79 Å². The van der Waals surface area contributed by atoms with Gasteiger partial charge in [-0.2, -0.15) is 0 Å². The van der Waals surface area contributed by atoms with Gasteiger partial charge in [0.2, 0.25) is 0 Å². The van der Waals surface area contributed by atoms with Crippen LogP contribution in [0.25, 0.3) is 0 Å². The number of hydrogen-bond donors (Lipinski definition) is 1. The van der Waals surface area contributed by atoms with Crippen molar-refractivity contribution in [1.29, 1.82) is 0 Å². The molecule has 104 valence electrons. The predicted molar refractivity (Wildman–Crippen MR) is 87.9 cm³/mol. The van der Waals surface area contributed by atoms with Gasteiger partial charge in [0.15, 0.2) is 0 Å². The molecule has 20 heavy (non-hydrogen) atoms. The Morgan fingerprint density at radius 2 is 1.80 bits per heavy atom. The van der Waals surface area contributed by atoms with Crippen LogP contribution in [-0.2, 0) is 0 Å². The van der Waals surface area contributed by atoms with Crippen molar-refractivity contribution >= 4 is 44.8 Å². The minimum Gasteiger partial charge on any atom is -0.378 e. The first-order valence-electron chi connectivity index (χ1n) is 6.01. The monoisotopic (exact) mass is 352 g/mol. The molecule has 0 aromatic heterocycles. The maximum Gasteiger partial charge on any atom is 0.256 e. The van der Waals surface area contributed by atoms with E-state index in [0.717, 1.165) is 11.4 Å². The molecule has 0 aliphatic rings. The van der Waals surface area contributed by atoms with Gasteiger partial charge in [0.25, 0.3) is 5.91 Å². The third-order valence-electron chi connectivity index (χ3n) is 2.82. The van der Waals surface area contributed by atoms with Crippen LogP contribution in [0.1, 0.15) is 10.4 Å². The van der Waals surface area contributed by atoms with E-state index in [1.807, 2.05) is 43.3 Å². The number of anilines is 2. The van der Waals surface area contributed by atoms with Crippen molar-refractivity contribution in [2.75, 3.05) is 24.3 Å². The van der Waals surface area contributed by atoms with E-state index in [9.17, 15) is 4.79 Å². The Hall–Kier alpha value is -1.52. The highest BCUT2D eigenvalue weighted by Crippen LogP contribution is 2.23. The summed E-state index contributed by atoms with van der Waals surface area (Å²) in [6, 6.07) is 12.7. The molecule has 0 saturated carbocycles. The minimum atomic E-state index is -0.175. The molecule has 5 heteroatoms. The average molecular weight is 354 g/mol. The zero-order valence-electron chi connectivity index (χ0n) is 11.2. The standard InChI is InChI=1S/C15H14BrClN2O/c1-19(2)12-6-4-11(5-7-12)18-15(20)13-8-3-10(17)9-14(13)16/h3-9H,1-2H3,(H,18,20). The van der Waals surface area contributed by atoms with Crippen LogP contribution in [0.5, 0.6) is 0 Å². The lowest BCUT2D eigenvalue weighted by atomic mass is 10.2. The third kappa shape index (κ3) is 3.52. The maximum absolute atomic E-state index is 12.2. The molecule has 0 unspecified atom stereocenters. The normalized spacial score (nSPS) is 10.2. The summed E-state index contributed by atoms with van der Waals surface area (Å²) in [4.78, 5) is 14.2. The highest BCUT2D eigenvalue weighted by Gasteiger charge is 2.10. The van der Waals surface area contributed by atoms with E-state index in [4.69, 9.17) is 11.6 Å². The van der Waals surface area contributed by atoms with Crippen LogP contribution in [0.2, 0.25) is 5.02 Å². The lowest BCUT2D eigenvalue weighted by molar-refractivity contribution is 0.102. The Balaban J connectivity index is 2.15. The molecule has 1 amide bonds. The molecule has 0 heterocycles. The van der Waals surface area contributed by atoms with Crippen LogP contribution in [0, 0.1) is 0 Å². The summed E-state index contributed by atoms with van der Waals surface area (Å²) in [7, 11) is 3.94. The van der Waals surface area contributed by atoms with Crippen LogP contribution < -0.4 is 10.2 Å². The summed E-state index contributed by atoms with van der Waals surface area (Å²) < 4.78 is 0.674. The van der Waals surface area contributed by atoms with E-state index >= 15 is 0 Å². The van der Waals surface area contributed by atoms with Gasteiger partial charge in [0, 0.05) is 35.0 Å². The lowest BCUT2D eigenvalue weighted by Crippen LogP contribution is -2.13. The molecule has 0 saturated heterocycles. The second-order valence-corrected chi connectivity index (χ2v) is 5.81. The van der Waals surface area contributed by atoms with Crippen LogP contribution in [-0.4, -0.2) is 20.0 Å². The van der Waals surface area contributed by atoms with E-state index in [0.29, 0.717) is 15.1 Å². The zero-order chi connectivity index (χ0) is 14.7. The number of carbonyl (C=O) groups is 1. The van der Waals surface area contributed by atoms with Crippen molar-refractivity contribution in [2.24, 2.45) is 0 Å². The number of carbonyl (C=O) groups excluding carboxylic acids is 1. The number of benzene rings is 2. The van der Waals surface area contributed by atoms with E-state index in [1.165, 1.54) is 0 Å². The first-order valence-corrected chi connectivity index (χ1v) is 7.18. The highest BCUT2D eigenvalue weighted by molar-refractivity contribution is 9.10.